The number of nitrogens with zero attached hydrogens (tertiary/aromatic N) is 4. The number of carbonyl (C=O) groups is 6. The van der Waals surface area contributed by atoms with E-state index in [9.17, 15) is 28.8 Å². The number of hydrogen-bond donors (Lipinski definition) is 0. The zero-order valence-corrected chi connectivity index (χ0v) is 17.7. The van der Waals surface area contributed by atoms with Gasteiger partial charge >= 0.3 is 23.4 Å². The van der Waals surface area contributed by atoms with Crippen LogP contribution in [0.5, 0.6) is 0 Å². The van der Waals surface area contributed by atoms with Crippen molar-refractivity contribution in [1.29, 1.82) is 0 Å². The Morgan fingerprint density at radius 3 is 1.38 bits per heavy atom. The molecular weight excluding hydrogens is 424 g/mol. The molecule has 0 atom stereocenters. The summed E-state index contributed by atoms with van der Waals surface area (Å²) in [6.07, 6.45) is -0.827. The highest BCUT2D eigenvalue weighted by Gasteiger charge is 2.43. The lowest BCUT2D eigenvalue weighted by molar-refractivity contribution is -0.162. The van der Waals surface area contributed by atoms with E-state index < -0.39 is 63.7 Å². The number of carbonyl (C=O) groups excluding carboxylic acids is 6. The third kappa shape index (κ3) is 5.54. The van der Waals surface area contributed by atoms with Crippen molar-refractivity contribution in [1.82, 2.24) is 0 Å². The Morgan fingerprint density at radius 1 is 0.812 bits per heavy atom. The van der Waals surface area contributed by atoms with Crippen LogP contribution in [0.4, 0.5) is 0 Å². The molecule has 0 bridgehead atoms. The van der Waals surface area contributed by atoms with Gasteiger partial charge in [-0.2, -0.15) is 9.58 Å². The van der Waals surface area contributed by atoms with Crippen molar-refractivity contribution in [3.63, 3.8) is 0 Å². The zero-order chi connectivity index (χ0) is 24.1. The molecular formula is C20H22N4O8. The van der Waals surface area contributed by atoms with Crippen molar-refractivity contribution in [2.75, 3.05) is 13.2 Å². The maximum atomic E-state index is 12.3. The first-order valence-corrected chi connectivity index (χ1v) is 9.95. The Morgan fingerprint density at radius 2 is 1.12 bits per heavy atom. The molecule has 2 fully saturated rings. The van der Waals surface area contributed by atoms with Gasteiger partial charge < -0.3 is 20.5 Å². The van der Waals surface area contributed by atoms with Crippen LogP contribution in [0.2, 0.25) is 0 Å². The van der Waals surface area contributed by atoms with Gasteiger partial charge in [0.25, 0.3) is 0 Å². The highest BCUT2D eigenvalue weighted by Crippen LogP contribution is 2.26. The van der Waals surface area contributed by atoms with Gasteiger partial charge in [-0.3, -0.25) is 28.8 Å². The largest absolute Gasteiger partial charge is 0.465 e. The van der Waals surface area contributed by atoms with E-state index >= 15 is 0 Å². The average Bonchev–Trinajstić information content (AvgIpc) is 2.75. The van der Waals surface area contributed by atoms with Crippen LogP contribution >= 0.6 is 0 Å². The lowest BCUT2D eigenvalue weighted by Crippen LogP contribution is -2.40. The van der Waals surface area contributed by atoms with E-state index in [0.29, 0.717) is 6.42 Å². The minimum absolute atomic E-state index is 0.167. The first kappa shape index (κ1) is 24.6. The van der Waals surface area contributed by atoms with Crippen molar-refractivity contribution in [2.24, 2.45) is 17.3 Å². The molecule has 12 nitrogen and oxygen atoms in total. The second-order valence-corrected chi connectivity index (χ2v) is 8.18. The highest BCUT2D eigenvalue weighted by atomic mass is 16.5. The number of rotatable bonds is 7. The molecule has 0 saturated heterocycles. The van der Waals surface area contributed by atoms with E-state index in [1.54, 1.807) is 13.8 Å². The summed E-state index contributed by atoms with van der Waals surface area (Å²) in [5.41, 5.74) is 15.4. The molecule has 0 aliphatic heterocycles. The van der Waals surface area contributed by atoms with Crippen LogP contribution in [-0.4, -0.2) is 69.3 Å². The Balaban J connectivity index is 1.91. The van der Waals surface area contributed by atoms with E-state index in [0.717, 1.165) is 0 Å². The number of Topliss-reactive ketones (excluding diaryl/α,β-unsaturated/α-hetero) is 4. The SMILES string of the molecule is CCC(C)(COC(=O)C1CC(=O)C(=[N+]=[N-])C(=O)C1)COC(=O)C1CC(=O)C(=[N+]=[N-])C(=O)C1. The van der Waals surface area contributed by atoms with E-state index in [2.05, 4.69) is 9.58 Å². The molecule has 2 saturated carbocycles. The molecule has 0 aromatic rings. The van der Waals surface area contributed by atoms with Gasteiger partial charge in [0, 0.05) is 31.1 Å². The maximum absolute atomic E-state index is 12.3. The Bertz CT molecular complexity index is 874. The van der Waals surface area contributed by atoms with Gasteiger partial charge in [-0.15, -0.1) is 0 Å². The van der Waals surface area contributed by atoms with Crippen LogP contribution < -0.4 is 0 Å². The van der Waals surface area contributed by atoms with Gasteiger partial charge in [-0.1, -0.05) is 13.8 Å². The van der Waals surface area contributed by atoms with Gasteiger partial charge in [-0.05, 0) is 6.42 Å². The Kier molecular flexibility index (Phi) is 7.80. The molecule has 0 heterocycles. The molecule has 0 spiro atoms. The lowest BCUT2D eigenvalue weighted by Gasteiger charge is -2.29. The lowest BCUT2D eigenvalue weighted by atomic mass is 9.85. The molecule has 0 amide bonds. The molecule has 2 aliphatic rings. The van der Waals surface area contributed by atoms with Crippen LogP contribution in [0.3, 0.4) is 0 Å². The summed E-state index contributed by atoms with van der Waals surface area (Å²) >= 11 is 0. The van der Waals surface area contributed by atoms with Gasteiger partial charge in [0.1, 0.15) is 0 Å². The molecule has 2 aliphatic carbocycles. The standard InChI is InChI=1S/C20H22N4O8/c1-3-20(2,8-31-18(29)10-4-12(25)16(23-21)13(26)5-10)9-32-19(30)11-6-14(27)17(24-22)15(28)7-11/h10-11H,3-9H2,1-2H3. The van der Waals surface area contributed by atoms with Gasteiger partial charge in [-0.25, -0.2) is 0 Å². The van der Waals surface area contributed by atoms with E-state index in [1.807, 2.05) is 0 Å². The molecule has 0 aromatic heterocycles. The fraction of sp³-hybridized carbons (Fsp3) is 0.600. The van der Waals surface area contributed by atoms with Crippen LogP contribution in [0.1, 0.15) is 46.0 Å². The number of ketones is 4. The molecule has 0 aromatic carbocycles. The van der Waals surface area contributed by atoms with Crippen LogP contribution in [0.15, 0.2) is 0 Å². The summed E-state index contributed by atoms with van der Waals surface area (Å²) in [4.78, 5) is 77.1. The Hall–Kier alpha value is -3.62. The van der Waals surface area contributed by atoms with E-state index in [4.69, 9.17) is 20.5 Å². The fourth-order valence-electron chi connectivity index (χ4n) is 3.27. The monoisotopic (exact) mass is 446 g/mol. The topological polar surface area (TPSA) is 194 Å². The minimum Gasteiger partial charge on any atom is -0.465 e. The molecule has 32 heavy (non-hydrogen) atoms. The molecule has 0 radical (unpaired) electrons. The number of ether oxygens (including phenoxy) is 2. The van der Waals surface area contributed by atoms with Gasteiger partial charge in [0.15, 0.2) is 0 Å². The second-order valence-electron chi connectivity index (χ2n) is 8.18. The van der Waals surface area contributed by atoms with E-state index in [-0.39, 0.29) is 38.9 Å². The third-order valence-electron chi connectivity index (χ3n) is 5.63. The average molecular weight is 446 g/mol. The van der Waals surface area contributed by atoms with Crippen molar-refractivity contribution in [3.05, 3.63) is 11.1 Å². The molecule has 170 valence electrons. The maximum Gasteiger partial charge on any atom is 0.400 e. The predicted molar refractivity (Wildman–Crippen MR) is 103 cm³/mol. The summed E-state index contributed by atoms with van der Waals surface area (Å²) in [5, 5.41) is 0. The minimum atomic E-state index is -0.995. The zero-order valence-electron chi connectivity index (χ0n) is 17.7. The van der Waals surface area contributed by atoms with Crippen molar-refractivity contribution in [2.45, 2.75) is 46.0 Å². The van der Waals surface area contributed by atoms with Crippen molar-refractivity contribution >= 4 is 46.5 Å². The highest BCUT2D eigenvalue weighted by molar-refractivity contribution is 6.65. The van der Waals surface area contributed by atoms with Crippen LogP contribution in [-0.2, 0) is 38.2 Å². The molecule has 0 N–H and O–H groups in total. The van der Waals surface area contributed by atoms with Gasteiger partial charge in [0.2, 0.25) is 23.1 Å². The van der Waals surface area contributed by atoms with E-state index in [1.165, 1.54) is 0 Å². The predicted octanol–water partition coefficient (Wildman–Crippen LogP) is -0.0729. The summed E-state index contributed by atoms with van der Waals surface area (Å²) in [5.74, 6) is -6.51. The van der Waals surface area contributed by atoms with Crippen LogP contribution in [0, 0.1) is 17.3 Å². The molecule has 12 heteroatoms. The smallest absolute Gasteiger partial charge is 0.400 e. The van der Waals surface area contributed by atoms with Gasteiger partial charge in [0.05, 0.1) is 25.0 Å². The first-order chi connectivity index (χ1) is 15.0. The molecule has 0 unspecified atom stereocenters. The summed E-state index contributed by atoms with van der Waals surface area (Å²) < 4.78 is 10.5. The third-order valence-corrected chi connectivity index (χ3v) is 5.63. The normalized spacial score (nSPS) is 23.2. The number of esters is 2. The summed E-state index contributed by atoms with van der Waals surface area (Å²) in [6, 6.07) is 0. The summed E-state index contributed by atoms with van der Waals surface area (Å²) in [7, 11) is 0. The number of hydrogen-bond acceptors (Lipinski definition) is 8. The van der Waals surface area contributed by atoms with Crippen LogP contribution in [0.25, 0.3) is 11.1 Å². The molecule has 2 rings (SSSR count). The second kappa shape index (κ2) is 10.1. The first-order valence-electron chi connectivity index (χ1n) is 9.95. The van der Waals surface area contributed by atoms with Crippen molar-refractivity contribution in [3.8, 4) is 0 Å². The fourth-order valence-corrected chi connectivity index (χ4v) is 3.27. The Labute approximate surface area is 182 Å². The van der Waals surface area contributed by atoms with Crippen molar-refractivity contribution < 1.29 is 47.8 Å². The quantitative estimate of drug-likeness (QED) is 0.294. The summed E-state index contributed by atoms with van der Waals surface area (Å²) in [6.45, 7) is 3.13.